The van der Waals surface area contributed by atoms with E-state index in [1.54, 1.807) is 18.0 Å². The highest BCUT2D eigenvalue weighted by molar-refractivity contribution is 9.10. The van der Waals surface area contributed by atoms with Crippen molar-refractivity contribution in [2.45, 2.75) is 17.2 Å². The zero-order valence-electron chi connectivity index (χ0n) is 8.61. The Balaban J connectivity index is 1.99. The van der Waals surface area contributed by atoms with Crippen molar-refractivity contribution >= 4 is 27.7 Å². The van der Waals surface area contributed by atoms with Crippen molar-refractivity contribution in [1.82, 2.24) is 9.97 Å². The maximum Gasteiger partial charge on any atom is 0.116 e. The Bertz CT molecular complexity index is 470. The van der Waals surface area contributed by atoms with E-state index in [0.717, 1.165) is 21.7 Å². The number of benzene rings is 1. The minimum Gasteiger partial charge on any atom is -0.344 e. The van der Waals surface area contributed by atoms with Gasteiger partial charge in [0, 0.05) is 27.8 Å². The van der Waals surface area contributed by atoms with E-state index in [9.17, 15) is 0 Å². The molecule has 84 valence electrons. The summed E-state index contributed by atoms with van der Waals surface area (Å²) in [7, 11) is 0. The van der Waals surface area contributed by atoms with Gasteiger partial charge in [0.1, 0.15) is 5.82 Å². The number of H-pyrrole nitrogens is 1. The Morgan fingerprint density at radius 1 is 1.38 bits per heavy atom. The fraction of sp³-hybridized carbons (Fsp3) is 0.182. The highest BCUT2D eigenvalue weighted by atomic mass is 79.9. The van der Waals surface area contributed by atoms with Gasteiger partial charge in [-0.1, -0.05) is 12.1 Å². The Morgan fingerprint density at radius 2 is 2.19 bits per heavy atom. The standard InChI is InChI=1S/C11H12BrN3S/c12-9-3-1-2-4-10(9)16-7-11-14-6-8(5-13)15-11/h1-4,6H,5,7,13H2,(H,14,15). The minimum atomic E-state index is 0.507. The number of imidazole rings is 1. The highest BCUT2D eigenvalue weighted by Crippen LogP contribution is 2.28. The van der Waals surface area contributed by atoms with Crippen molar-refractivity contribution in [3.05, 3.63) is 46.5 Å². The molecule has 0 unspecified atom stereocenters. The second-order valence-electron chi connectivity index (χ2n) is 3.28. The van der Waals surface area contributed by atoms with E-state index >= 15 is 0 Å². The molecule has 0 aliphatic heterocycles. The van der Waals surface area contributed by atoms with E-state index in [-0.39, 0.29) is 0 Å². The Morgan fingerprint density at radius 3 is 2.88 bits per heavy atom. The van der Waals surface area contributed by atoms with E-state index in [2.05, 4.69) is 32.0 Å². The predicted molar refractivity (Wildman–Crippen MR) is 70.2 cm³/mol. The molecule has 0 spiro atoms. The molecule has 0 saturated heterocycles. The first-order chi connectivity index (χ1) is 7.79. The van der Waals surface area contributed by atoms with Crippen LogP contribution in [0, 0.1) is 0 Å². The molecule has 1 heterocycles. The molecular weight excluding hydrogens is 286 g/mol. The smallest absolute Gasteiger partial charge is 0.116 e. The van der Waals surface area contributed by atoms with E-state index in [0.29, 0.717) is 6.54 Å². The molecule has 0 saturated carbocycles. The SMILES string of the molecule is NCc1cnc(CSc2ccccc2Br)[nH]1. The van der Waals surface area contributed by atoms with Gasteiger partial charge < -0.3 is 10.7 Å². The van der Waals surface area contributed by atoms with Crippen LogP contribution in [0.1, 0.15) is 11.5 Å². The first-order valence-corrected chi connectivity index (χ1v) is 6.67. The zero-order chi connectivity index (χ0) is 11.4. The van der Waals surface area contributed by atoms with Crippen LogP contribution in [0.25, 0.3) is 0 Å². The van der Waals surface area contributed by atoms with Gasteiger partial charge in [-0.2, -0.15) is 0 Å². The number of halogens is 1. The summed E-state index contributed by atoms with van der Waals surface area (Å²) in [6.07, 6.45) is 1.79. The molecule has 2 rings (SSSR count). The second kappa shape index (κ2) is 5.52. The number of aromatic amines is 1. The summed E-state index contributed by atoms with van der Waals surface area (Å²) >= 11 is 5.26. The topological polar surface area (TPSA) is 54.7 Å². The molecule has 0 amide bonds. The molecule has 2 aromatic rings. The lowest BCUT2D eigenvalue weighted by Gasteiger charge is -2.01. The maximum absolute atomic E-state index is 5.51. The Kier molecular flexibility index (Phi) is 4.04. The van der Waals surface area contributed by atoms with Crippen LogP contribution in [0.3, 0.4) is 0 Å². The van der Waals surface area contributed by atoms with Crippen LogP contribution >= 0.6 is 27.7 Å². The number of nitrogens with one attached hydrogen (secondary N) is 1. The summed E-state index contributed by atoms with van der Waals surface area (Å²) in [5.41, 5.74) is 6.48. The third-order valence-corrected chi connectivity index (χ3v) is 4.14. The lowest BCUT2D eigenvalue weighted by molar-refractivity contribution is 0.993. The van der Waals surface area contributed by atoms with Crippen molar-refractivity contribution in [2.75, 3.05) is 0 Å². The van der Waals surface area contributed by atoms with Gasteiger partial charge in [-0.3, -0.25) is 0 Å². The van der Waals surface area contributed by atoms with Crippen molar-refractivity contribution in [1.29, 1.82) is 0 Å². The van der Waals surface area contributed by atoms with Crippen LogP contribution in [0.15, 0.2) is 39.8 Å². The molecule has 16 heavy (non-hydrogen) atoms. The van der Waals surface area contributed by atoms with Gasteiger partial charge in [0.2, 0.25) is 0 Å². The monoisotopic (exact) mass is 297 g/mol. The van der Waals surface area contributed by atoms with Gasteiger partial charge in [0.15, 0.2) is 0 Å². The predicted octanol–water partition coefficient (Wildman–Crippen LogP) is 2.92. The van der Waals surface area contributed by atoms with Crippen LogP contribution < -0.4 is 5.73 Å². The summed E-state index contributed by atoms with van der Waals surface area (Å²) in [6.45, 7) is 0.507. The van der Waals surface area contributed by atoms with E-state index in [1.165, 1.54) is 4.90 Å². The van der Waals surface area contributed by atoms with Gasteiger partial charge in [0.25, 0.3) is 0 Å². The maximum atomic E-state index is 5.51. The number of hydrogen-bond acceptors (Lipinski definition) is 3. The van der Waals surface area contributed by atoms with Crippen LogP contribution in [0.5, 0.6) is 0 Å². The van der Waals surface area contributed by atoms with E-state index in [4.69, 9.17) is 5.73 Å². The number of aromatic nitrogens is 2. The molecule has 1 aromatic heterocycles. The van der Waals surface area contributed by atoms with Crippen LogP contribution in [0.4, 0.5) is 0 Å². The number of nitrogens with two attached hydrogens (primary N) is 1. The van der Waals surface area contributed by atoms with Gasteiger partial charge in [-0.25, -0.2) is 4.98 Å². The van der Waals surface area contributed by atoms with Gasteiger partial charge >= 0.3 is 0 Å². The second-order valence-corrected chi connectivity index (χ2v) is 5.15. The molecule has 0 fully saturated rings. The fourth-order valence-electron chi connectivity index (χ4n) is 1.29. The van der Waals surface area contributed by atoms with Crippen molar-refractivity contribution in [3.63, 3.8) is 0 Å². The first-order valence-electron chi connectivity index (χ1n) is 4.89. The lowest BCUT2D eigenvalue weighted by atomic mass is 10.4. The van der Waals surface area contributed by atoms with Crippen LogP contribution in [-0.4, -0.2) is 9.97 Å². The summed E-state index contributed by atoms with van der Waals surface area (Å²) in [5, 5.41) is 0. The molecule has 0 radical (unpaired) electrons. The van der Waals surface area contributed by atoms with Crippen molar-refractivity contribution in [3.8, 4) is 0 Å². The van der Waals surface area contributed by atoms with Crippen LogP contribution in [-0.2, 0) is 12.3 Å². The molecule has 3 nitrogen and oxygen atoms in total. The normalized spacial score (nSPS) is 10.6. The van der Waals surface area contributed by atoms with Gasteiger partial charge in [-0.15, -0.1) is 11.8 Å². The Labute approximate surface area is 107 Å². The molecule has 0 atom stereocenters. The largest absolute Gasteiger partial charge is 0.344 e. The molecule has 5 heteroatoms. The number of nitrogens with zero attached hydrogens (tertiary/aromatic N) is 1. The van der Waals surface area contributed by atoms with Crippen molar-refractivity contribution in [2.24, 2.45) is 5.73 Å². The first kappa shape index (κ1) is 11.7. The highest BCUT2D eigenvalue weighted by Gasteiger charge is 2.03. The number of rotatable bonds is 4. The fourth-order valence-corrected chi connectivity index (χ4v) is 2.74. The summed E-state index contributed by atoms with van der Waals surface area (Å²) in [4.78, 5) is 8.66. The summed E-state index contributed by atoms with van der Waals surface area (Å²) in [6, 6.07) is 8.16. The molecule has 0 bridgehead atoms. The molecule has 3 N–H and O–H groups in total. The zero-order valence-corrected chi connectivity index (χ0v) is 11.0. The third kappa shape index (κ3) is 2.87. The number of thioether (sulfide) groups is 1. The molecule has 1 aromatic carbocycles. The average molecular weight is 298 g/mol. The molecule has 0 aliphatic rings. The lowest BCUT2D eigenvalue weighted by Crippen LogP contribution is -1.96. The summed E-state index contributed by atoms with van der Waals surface area (Å²) in [5.74, 6) is 1.78. The quantitative estimate of drug-likeness (QED) is 0.853. The van der Waals surface area contributed by atoms with Gasteiger partial charge in [0.05, 0.1) is 5.75 Å². The average Bonchev–Trinajstić information content (AvgIpc) is 2.76. The molecular formula is C11H12BrN3S. The van der Waals surface area contributed by atoms with Crippen LogP contribution in [0.2, 0.25) is 0 Å². The van der Waals surface area contributed by atoms with Gasteiger partial charge in [-0.05, 0) is 28.1 Å². The minimum absolute atomic E-state index is 0.507. The number of hydrogen-bond donors (Lipinski definition) is 2. The Hall–Kier alpha value is -0.780. The molecule has 0 aliphatic carbocycles. The van der Waals surface area contributed by atoms with Crippen molar-refractivity contribution < 1.29 is 0 Å². The van der Waals surface area contributed by atoms with E-state index < -0.39 is 0 Å². The van der Waals surface area contributed by atoms with E-state index in [1.807, 2.05) is 18.2 Å². The summed E-state index contributed by atoms with van der Waals surface area (Å²) < 4.78 is 1.12. The third-order valence-electron chi connectivity index (χ3n) is 2.10.